The van der Waals surface area contributed by atoms with Crippen LogP contribution in [0.1, 0.15) is 32.6 Å². The molecule has 0 spiro atoms. The first-order valence-corrected chi connectivity index (χ1v) is 6.37. The molecule has 6 heteroatoms. The maximum absolute atomic E-state index is 12.2. The Bertz CT molecular complexity index is 365. The van der Waals surface area contributed by atoms with Crippen LogP contribution < -0.4 is 5.32 Å². The van der Waals surface area contributed by atoms with E-state index in [4.69, 9.17) is 4.74 Å². The molecule has 2 amide bonds. The summed E-state index contributed by atoms with van der Waals surface area (Å²) >= 11 is 0. The Labute approximate surface area is 106 Å². The quantitative estimate of drug-likeness (QED) is 0.690. The van der Waals surface area contributed by atoms with Crippen LogP contribution in [0.5, 0.6) is 0 Å². The summed E-state index contributed by atoms with van der Waals surface area (Å²) in [7, 11) is 0. The lowest BCUT2D eigenvalue weighted by molar-refractivity contribution is -0.150. The predicted molar refractivity (Wildman–Crippen MR) is 62.5 cm³/mol. The molecule has 1 saturated carbocycles. The first-order chi connectivity index (χ1) is 8.61. The fourth-order valence-corrected chi connectivity index (χ4v) is 2.12. The van der Waals surface area contributed by atoms with Crippen molar-refractivity contribution in [2.75, 3.05) is 13.2 Å². The lowest BCUT2D eigenvalue weighted by atomic mass is 10.2. The van der Waals surface area contributed by atoms with Crippen molar-refractivity contribution in [3.05, 3.63) is 0 Å². The molecule has 1 heterocycles. The van der Waals surface area contributed by atoms with Gasteiger partial charge in [-0.25, -0.2) is 0 Å². The molecule has 1 aliphatic heterocycles. The normalized spacial score (nSPS) is 22.5. The molecule has 1 aliphatic carbocycles. The zero-order valence-corrected chi connectivity index (χ0v) is 10.5. The molecule has 2 fully saturated rings. The van der Waals surface area contributed by atoms with Crippen molar-refractivity contribution in [1.82, 2.24) is 10.2 Å². The fraction of sp³-hybridized carbons (Fsp3) is 0.750. The Morgan fingerprint density at radius 2 is 2.11 bits per heavy atom. The van der Waals surface area contributed by atoms with Crippen LogP contribution in [0.15, 0.2) is 0 Å². The van der Waals surface area contributed by atoms with Crippen LogP contribution in [0.3, 0.4) is 0 Å². The lowest BCUT2D eigenvalue weighted by Crippen LogP contribution is -2.47. The number of carbonyl (C=O) groups excluding carboxylic acids is 3. The molecule has 2 rings (SSSR count). The average Bonchev–Trinajstić information content (AvgIpc) is 3.08. The van der Waals surface area contributed by atoms with Gasteiger partial charge in [-0.05, 0) is 26.2 Å². The summed E-state index contributed by atoms with van der Waals surface area (Å²) in [6.45, 7) is 2.04. The summed E-state index contributed by atoms with van der Waals surface area (Å²) in [6, 6.07) is -0.327. The number of nitrogens with one attached hydrogen (secondary N) is 1. The highest BCUT2D eigenvalue weighted by Crippen LogP contribution is 2.28. The molecule has 0 radical (unpaired) electrons. The second-order valence-corrected chi connectivity index (χ2v) is 4.66. The summed E-state index contributed by atoms with van der Waals surface area (Å²) in [5, 5.41) is 2.64. The minimum atomic E-state index is -0.465. The van der Waals surface area contributed by atoms with E-state index in [-0.39, 0.29) is 30.4 Å². The summed E-state index contributed by atoms with van der Waals surface area (Å²) in [5.74, 6) is -0.640. The minimum Gasteiger partial charge on any atom is -0.465 e. The molecular weight excluding hydrogens is 236 g/mol. The lowest BCUT2D eigenvalue weighted by Gasteiger charge is -2.24. The van der Waals surface area contributed by atoms with Crippen LogP contribution >= 0.6 is 0 Å². The van der Waals surface area contributed by atoms with Crippen LogP contribution in [0, 0.1) is 0 Å². The highest BCUT2D eigenvalue weighted by Gasteiger charge is 2.39. The van der Waals surface area contributed by atoms with E-state index < -0.39 is 6.04 Å². The molecule has 0 aromatic carbocycles. The highest BCUT2D eigenvalue weighted by atomic mass is 16.5. The first kappa shape index (κ1) is 12.9. The van der Waals surface area contributed by atoms with Gasteiger partial charge in [0.25, 0.3) is 0 Å². The number of esters is 1. The molecule has 0 aromatic heterocycles. The molecule has 0 aromatic rings. The zero-order chi connectivity index (χ0) is 13.1. The Morgan fingerprint density at radius 3 is 2.61 bits per heavy atom. The highest BCUT2D eigenvalue weighted by molar-refractivity contribution is 5.92. The summed E-state index contributed by atoms with van der Waals surface area (Å²) < 4.78 is 4.86. The second-order valence-electron chi connectivity index (χ2n) is 4.66. The van der Waals surface area contributed by atoms with E-state index in [2.05, 4.69) is 5.32 Å². The van der Waals surface area contributed by atoms with Gasteiger partial charge in [-0.15, -0.1) is 0 Å². The predicted octanol–water partition coefficient (Wildman–Crippen LogP) is -0.181. The molecule has 2 aliphatic rings. The number of nitrogens with zero attached hydrogens (tertiary/aromatic N) is 1. The molecule has 1 N–H and O–H groups in total. The summed E-state index contributed by atoms with van der Waals surface area (Å²) in [4.78, 5) is 36.3. The summed E-state index contributed by atoms with van der Waals surface area (Å²) in [5.41, 5.74) is 0. The third kappa shape index (κ3) is 3.00. The van der Waals surface area contributed by atoms with Gasteiger partial charge in [0.1, 0.15) is 12.6 Å². The zero-order valence-electron chi connectivity index (χ0n) is 10.5. The van der Waals surface area contributed by atoms with E-state index >= 15 is 0 Å². The second kappa shape index (κ2) is 5.37. The van der Waals surface area contributed by atoms with Crippen molar-refractivity contribution in [3.8, 4) is 0 Å². The van der Waals surface area contributed by atoms with Crippen molar-refractivity contribution in [2.45, 2.75) is 44.7 Å². The Hall–Kier alpha value is -1.59. The Kier molecular flexibility index (Phi) is 3.84. The molecule has 100 valence electrons. The topological polar surface area (TPSA) is 75.7 Å². The molecule has 1 atom stereocenters. The van der Waals surface area contributed by atoms with Crippen molar-refractivity contribution < 1.29 is 19.1 Å². The third-order valence-corrected chi connectivity index (χ3v) is 3.17. The van der Waals surface area contributed by atoms with Crippen molar-refractivity contribution in [3.63, 3.8) is 0 Å². The molecular formula is C12H18N2O4. The van der Waals surface area contributed by atoms with Gasteiger partial charge in [0.2, 0.25) is 11.8 Å². The maximum atomic E-state index is 12.2. The van der Waals surface area contributed by atoms with E-state index in [1.165, 1.54) is 0 Å². The summed E-state index contributed by atoms with van der Waals surface area (Å²) in [6.07, 6.45) is 2.75. The molecule has 0 bridgehead atoms. The Morgan fingerprint density at radius 1 is 1.39 bits per heavy atom. The standard InChI is InChI=1S/C12H18N2O4/c1-2-18-11(16)7-14(8-3-4-8)12(17)9-5-6-10(15)13-9/h8-9H,2-7H2,1H3,(H,13,15)/t9-/m1/s1. The largest absolute Gasteiger partial charge is 0.465 e. The number of hydrogen-bond donors (Lipinski definition) is 1. The number of carbonyl (C=O) groups is 3. The van der Waals surface area contributed by atoms with Gasteiger partial charge in [0, 0.05) is 12.5 Å². The Balaban J connectivity index is 1.94. The van der Waals surface area contributed by atoms with Crippen LogP contribution in [0.2, 0.25) is 0 Å². The van der Waals surface area contributed by atoms with Gasteiger partial charge >= 0.3 is 5.97 Å². The molecule has 6 nitrogen and oxygen atoms in total. The number of amides is 2. The van der Waals surface area contributed by atoms with Crippen LogP contribution in [0.25, 0.3) is 0 Å². The molecule has 1 saturated heterocycles. The van der Waals surface area contributed by atoms with E-state index in [9.17, 15) is 14.4 Å². The first-order valence-electron chi connectivity index (χ1n) is 6.37. The van der Waals surface area contributed by atoms with Gasteiger partial charge in [0.05, 0.1) is 6.61 Å². The number of rotatable bonds is 5. The van der Waals surface area contributed by atoms with Crippen LogP contribution in [0.4, 0.5) is 0 Å². The number of hydrogen-bond acceptors (Lipinski definition) is 4. The fourth-order valence-electron chi connectivity index (χ4n) is 2.12. The van der Waals surface area contributed by atoms with Crippen LogP contribution in [-0.4, -0.2) is 47.9 Å². The van der Waals surface area contributed by atoms with Gasteiger partial charge < -0.3 is 15.0 Å². The molecule has 0 unspecified atom stereocenters. The monoisotopic (exact) mass is 254 g/mol. The van der Waals surface area contributed by atoms with E-state index in [1.807, 2.05) is 0 Å². The van der Waals surface area contributed by atoms with E-state index in [0.717, 1.165) is 12.8 Å². The average molecular weight is 254 g/mol. The third-order valence-electron chi connectivity index (χ3n) is 3.17. The van der Waals surface area contributed by atoms with Gasteiger partial charge in [-0.2, -0.15) is 0 Å². The molecule has 18 heavy (non-hydrogen) atoms. The van der Waals surface area contributed by atoms with Gasteiger partial charge in [0.15, 0.2) is 0 Å². The van der Waals surface area contributed by atoms with Gasteiger partial charge in [-0.1, -0.05) is 0 Å². The van der Waals surface area contributed by atoms with Crippen molar-refractivity contribution in [2.24, 2.45) is 0 Å². The minimum absolute atomic E-state index is 0.0102. The SMILES string of the molecule is CCOC(=O)CN(C(=O)[C@H]1CCC(=O)N1)C1CC1. The van der Waals surface area contributed by atoms with Crippen molar-refractivity contribution in [1.29, 1.82) is 0 Å². The number of ether oxygens (including phenoxy) is 1. The van der Waals surface area contributed by atoms with E-state index in [1.54, 1.807) is 11.8 Å². The van der Waals surface area contributed by atoms with E-state index in [0.29, 0.717) is 19.4 Å². The van der Waals surface area contributed by atoms with Crippen molar-refractivity contribution >= 4 is 17.8 Å². The van der Waals surface area contributed by atoms with Crippen LogP contribution in [-0.2, 0) is 19.1 Å². The van der Waals surface area contributed by atoms with Gasteiger partial charge in [-0.3, -0.25) is 14.4 Å². The smallest absolute Gasteiger partial charge is 0.325 e. The maximum Gasteiger partial charge on any atom is 0.325 e.